The molecule has 0 saturated carbocycles. The Bertz CT molecular complexity index is 1500. The zero-order valence-corrected chi connectivity index (χ0v) is 20.9. The van der Waals surface area contributed by atoms with Crippen molar-refractivity contribution in [2.45, 2.75) is 31.3 Å². The van der Waals surface area contributed by atoms with Gasteiger partial charge < -0.3 is 5.32 Å². The number of aryl methyl sites for hydroxylation is 1. The first-order chi connectivity index (χ1) is 17.1. The Morgan fingerprint density at radius 3 is 2.31 bits per heavy atom. The Balaban J connectivity index is 1.75. The predicted molar refractivity (Wildman–Crippen MR) is 138 cm³/mol. The third-order valence-electron chi connectivity index (χ3n) is 6.09. The standard InChI is InChI=1S/C28H27F3N2O2S/c1-3-32-14-7-15-36(34,35)23-11-5-9-21(17-23)20-8-4-10-22(16-20)26-19(2)18-33-27-24(26)12-6-13-25(27)28(29,30)31/h4-6,8-13,16-18,32H,3,7,14-15H2,1-2H3. The topological polar surface area (TPSA) is 59.1 Å². The minimum Gasteiger partial charge on any atom is -0.317 e. The van der Waals surface area contributed by atoms with Crippen LogP contribution in [0.1, 0.15) is 24.5 Å². The quantitative estimate of drug-likeness (QED) is 0.268. The van der Waals surface area contributed by atoms with Crippen LogP contribution in [0.15, 0.2) is 77.8 Å². The maximum Gasteiger partial charge on any atom is 0.418 e. The molecular weight excluding hydrogens is 485 g/mol. The third-order valence-corrected chi connectivity index (χ3v) is 7.89. The Labute approximate surface area is 209 Å². The van der Waals surface area contributed by atoms with Gasteiger partial charge in [0.05, 0.1) is 21.7 Å². The van der Waals surface area contributed by atoms with E-state index in [0.29, 0.717) is 23.9 Å². The molecule has 4 rings (SSSR count). The molecule has 1 heterocycles. The number of aromatic nitrogens is 1. The zero-order valence-electron chi connectivity index (χ0n) is 20.1. The van der Waals surface area contributed by atoms with Crippen molar-refractivity contribution in [2.24, 2.45) is 0 Å². The van der Waals surface area contributed by atoms with Crippen molar-refractivity contribution in [3.05, 3.63) is 84.1 Å². The molecule has 0 unspecified atom stereocenters. The highest BCUT2D eigenvalue weighted by atomic mass is 32.2. The van der Waals surface area contributed by atoms with Crippen LogP contribution in [0, 0.1) is 6.92 Å². The summed E-state index contributed by atoms with van der Waals surface area (Å²) in [6, 6.07) is 18.3. The Morgan fingerprint density at radius 2 is 1.58 bits per heavy atom. The first kappa shape index (κ1) is 25.9. The van der Waals surface area contributed by atoms with Crippen LogP contribution < -0.4 is 5.32 Å². The molecule has 1 aromatic heterocycles. The fraction of sp³-hybridized carbons (Fsp3) is 0.250. The maximum atomic E-state index is 13.6. The van der Waals surface area contributed by atoms with Crippen molar-refractivity contribution in [3.8, 4) is 22.3 Å². The van der Waals surface area contributed by atoms with Crippen LogP contribution in [-0.2, 0) is 16.0 Å². The van der Waals surface area contributed by atoms with Gasteiger partial charge in [-0.15, -0.1) is 0 Å². The van der Waals surface area contributed by atoms with Gasteiger partial charge in [0, 0.05) is 11.6 Å². The number of sulfone groups is 1. The van der Waals surface area contributed by atoms with Crippen LogP contribution in [0.5, 0.6) is 0 Å². The summed E-state index contributed by atoms with van der Waals surface area (Å²) in [5.74, 6) is 0.0488. The summed E-state index contributed by atoms with van der Waals surface area (Å²) in [5.41, 5.74) is 2.77. The molecule has 0 radical (unpaired) electrons. The summed E-state index contributed by atoms with van der Waals surface area (Å²) >= 11 is 0. The molecule has 188 valence electrons. The first-order valence-corrected chi connectivity index (χ1v) is 13.4. The van der Waals surface area contributed by atoms with Gasteiger partial charge in [-0.2, -0.15) is 13.2 Å². The number of rotatable bonds is 8. The van der Waals surface area contributed by atoms with Crippen molar-refractivity contribution < 1.29 is 21.6 Å². The summed E-state index contributed by atoms with van der Waals surface area (Å²) in [6.07, 6.45) is -2.54. The Kier molecular flexibility index (Phi) is 7.47. The number of para-hydroxylation sites is 1. The summed E-state index contributed by atoms with van der Waals surface area (Å²) in [6.45, 7) is 5.20. The number of nitrogens with one attached hydrogen (secondary N) is 1. The van der Waals surface area contributed by atoms with Crippen molar-refractivity contribution in [1.82, 2.24) is 10.3 Å². The highest BCUT2D eigenvalue weighted by molar-refractivity contribution is 7.91. The van der Waals surface area contributed by atoms with E-state index in [0.717, 1.165) is 34.9 Å². The lowest BCUT2D eigenvalue weighted by atomic mass is 9.93. The molecule has 3 aromatic carbocycles. The smallest absolute Gasteiger partial charge is 0.317 e. The Hall–Kier alpha value is -3.23. The van der Waals surface area contributed by atoms with E-state index in [4.69, 9.17) is 0 Å². The van der Waals surface area contributed by atoms with E-state index in [1.165, 1.54) is 12.3 Å². The lowest BCUT2D eigenvalue weighted by Crippen LogP contribution is -2.18. The molecule has 0 spiro atoms. The predicted octanol–water partition coefficient (Wildman–Crippen LogP) is 6.67. The number of alkyl halides is 3. The molecule has 4 nitrogen and oxygen atoms in total. The number of hydrogen-bond acceptors (Lipinski definition) is 4. The van der Waals surface area contributed by atoms with Crippen molar-refractivity contribution in [2.75, 3.05) is 18.8 Å². The molecule has 0 atom stereocenters. The summed E-state index contributed by atoms with van der Waals surface area (Å²) < 4.78 is 66.5. The average Bonchev–Trinajstić information content (AvgIpc) is 2.86. The SMILES string of the molecule is CCNCCCS(=O)(=O)c1cccc(-c2cccc(-c3c(C)cnc4c(C(F)(F)F)cccc34)c2)c1. The third kappa shape index (κ3) is 5.44. The maximum absolute atomic E-state index is 13.6. The molecule has 4 aromatic rings. The number of fused-ring (bicyclic) bond motifs is 1. The number of halogens is 3. The monoisotopic (exact) mass is 512 g/mol. The van der Waals surface area contributed by atoms with E-state index >= 15 is 0 Å². The van der Waals surface area contributed by atoms with E-state index in [1.54, 1.807) is 24.3 Å². The first-order valence-electron chi connectivity index (χ1n) is 11.7. The van der Waals surface area contributed by atoms with E-state index in [2.05, 4.69) is 10.3 Å². The van der Waals surface area contributed by atoms with Gasteiger partial charge in [0.15, 0.2) is 9.84 Å². The molecule has 8 heteroatoms. The van der Waals surface area contributed by atoms with Crippen LogP contribution in [0.25, 0.3) is 33.2 Å². The van der Waals surface area contributed by atoms with Crippen LogP contribution in [-0.4, -0.2) is 32.2 Å². The fourth-order valence-electron chi connectivity index (χ4n) is 4.34. The van der Waals surface area contributed by atoms with E-state index in [1.807, 2.05) is 44.2 Å². The van der Waals surface area contributed by atoms with Gasteiger partial charge in [0.25, 0.3) is 0 Å². The van der Waals surface area contributed by atoms with Gasteiger partial charge in [-0.25, -0.2) is 8.42 Å². The molecule has 0 amide bonds. The number of pyridine rings is 1. The molecule has 0 aliphatic rings. The fourth-order valence-corrected chi connectivity index (χ4v) is 5.69. The van der Waals surface area contributed by atoms with E-state index in [-0.39, 0.29) is 16.2 Å². The van der Waals surface area contributed by atoms with Crippen LogP contribution >= 0.6 is 0 Å². The molecule has 1 N–H and O–H groups in total. The summed E-state index contributed by atoms with van der Waals surface area (Å²) in [4.78, 5) is 4.35. The molecule has 0 saturated heterocycles. The van der Waals surface area contributed by atoms with Gasteiger partial charge in [-0.3, -0.25) is 4.98 Å². The van der Waals surface area contributed by atoms with Crippen molar-refractivity contribution >= 4 is 20.7 Å². The van der Waals surface area contributed by atoms with Crippen LogP contribution in [0.4, 0.5) is 13.2 Å². The summed E-state index contributed by atoms with van der Waals surface area (Å²) in [5, 5.41) is 3.54. The molecular formula is C28H27F3N2O2S. The minimum atomic E-state index is -4.51. The second-order valence-corrected chi connectivity index (χ2v) is 10.8. The Morgan fingerprint density at radius 1 is 0.917 bits per heavy atom. The number of nitrogens with zero attached hydrogens (tertiary/aromatic N) is 1. The average molecular weight is 513 g/mol. The number of hydrogen-bond donors (Lipinski definition) is 1. The zero-order chi connectivity index (χ0) is 25.9. The molecule has 0 bridgehead atoms. The second-order valence-electron chi connectivity index (χ2n) is 8.65. The minimum absolute atomic E-state index is 0.0488. The molecule has 36 heavy (non-hydrogen) atoms. The molecule has 0 aliphatic carbocycles. The second kappa shape index (κ2) is 10.4. The lowest BCUT2D eigenvalue weighted by molar-refractivity contribution is -0.136. The normalized spacial score (nSPS) is 12.2. The van der Waals surface area contributed by atoms with Gasteiger partial charge in [-0.1, -0.05) is 49.4 Å². The van der Waals surface area contributed by atoms with Gasteiger partial charge in [-0.05, 0) is 78.5 Å². The molecule has 0 fully saturated rings. The van der Waals surface area contributed by atoms with Gasteiger partial charge >= 0.3 is 6.18 Å². The lowest BCUT2D eigenvalue weighted by Gasteiger charge is -2.15. The van der Waals surface area contributed by atoms with E-state index < -0.39 is 21.6 Å². The molecule has 0 aliphatic heterocycles. The van der Waals surface area contributed by atoms with Crippen LogP contribution in [0.2, 0.25) is 0 Å². The van der Waals surface area contributed by atoms with E-state index in [9.17, 15) is 21.6 Å². The van der Waals surface area contributed by atoms with Crippen LogP contribution in [0.3, 0.4) is 0 Å². The van der Waals surface area contributed by atoms with Gasteiger partial charge in [0.2, 0.25) is 0 Å². The highest BCUT2D eigenvalue weighted by Crippen LogP contribution is 2.39. The number of benzene rings is 3. The largest absolute Gasteiger partial charge is 0.418 e. The highest BCUT2D eigenvalue weighted by Gasteiger charge is 2.33. The summed E-state index contributed by atoms with van der Waals surface area (Å²) in [7, 11) is -3.44. The van der Waals surface area contributed by atoms with Gasteiger partial charge in [0.1, 0.15) is 0 Å². The van der Waals surface area contributed by atoms with Crippen molar-refractivity contribution in [3.63, 3.8) is 0 Å². The van der Waals surface area contributed by atoms with Crippen molar-refractivity contribution in [1.29, 1.82) is 0 Å².